The Morgan fingerprint density at radius 3 is 2.88 bits per heavy atom. The molecule has 1 aromatic heterocycles. The van der Waals surface area contributed by atoms with Gasteiger partial charge in [0, 0.05) is 25.2 Å². The van der Waals surface area contributed by atoms with Crippen LogP contribution in [0.3, 0.4) is 0 Å². The molecule has 2 atom stereocenters. The maximum Gasteiger partial charge on any atom is 0.263 e. The van der Waals surface area contributed by atoms with Crippen LogP contribution in [0.1, 0.15) is 43.8 Å². The number of hydrogen-bond acceptors (Lipinski definition) is 4. The van der Waals surface area contributed by atoms with E-state index in [9.17, 15) is 9.18 Å². The zero-order valence-electron chi connectivity index (χ0n) is 14.1. The molecule has 7 heteroatoms. The highest BCUT2D eigenvalue weighted by molar-refractivity contribution is 5.81. The van der Waals surface area contributed by atoms with E-state index < -0.39 is 11.9 Å². The molecule has 1 aliphatic heterocycles. The Morgan fingerprint density at radius 2 is 2.12 bits per heavy atom. The molecule has 2 heterocycles. The third-order valence-corrected chi connectivity index (χ3v) is 4.86. The largest absolute Gasteiger partial charge is 0.478 e. The van der Waals surface area contributed by atoms with E-state index in [0.29, 0.717) is 19.0 Å². The van der Waals surface area contributed by atoms with Gasteiger partial charge in [-0.05, 0) is 38.3 Å². The molecule has 1 saturated heterocycles. The summed E-state index contributed by atoms with van der Waals surface area (Å²) in [6, 6.07) is 6.27. The number of para-hydroxylation sites is 1. The van der Waals surface area contributed by atoms with Crippen molar-refractivity contribution in [3.05, 3.63) is 42.0 Å². The second-order valence-corrected chi connectivity index (χ2v) is 6.81. The Balaban J connectivity index is 1.37. The summed E-state index contributed by atoms with van der Waals surface area (Å²) in [5, 5.41) is 8.46. The predicted octanol–water partition coefficient (Wildman–Crippen LogP) is 2.54. The van der Waals surface area contributed by atoms with Crippen LogP contribution in [0.25, 0.3) is 0 Å². The molecule has 1 aromatic carbocycles. The second kappa shape index (κ2) is 6.46. The van der Waals surface area contributed by atoms with Gasteiger partial charge in [0.2, 0.25) is 0 Å². The van der Waals surface area contributed by atoms with Gasteiger partial charge in [-0.1, -0.05) is 17.3 Å². The van der Waals surface area contributed by atoms with E-state index in [4.69, 9.17) is 4.74 Å². The monoisotopic (exact) mass is 344 g/mol. The van der Waals surface area contributed by atoms with Crippen LogP contribution in [0.5, 0.6) is 5.75 Å². The Morgan fingerprint density at radius 1 is 1.32 bits per heavy atom. The molecule has 2 aliphatic rings. The summed E-state index contributed by atoms with van der Waals surface area (Å²) in [6.45, 7) is 2.88. The molecule has 4 rings (SSSR count). The van der Waals surface area contributed by atoms with Gasteiger partial charge in [-0.3, -0.25) is 4.79 Å². The van der Waals surface area contributed by atoms with Crippen LogP contribution < -0.4 is 4.74 Å². The van der Waals surface area contributed by atoms with Crippen molar-refractivity contribution in [1.29, 1.82) is 0 Å². The summed E-state index contributed by atoms with van der Waals surface area (Å²) >= 11 is 0. The lowest BCUT2D eigenvalue weighted by atomic mass is 10.2. The van der Waals surface area contributed by atoms with Crippen molar-refractivity contribution in [3.8, 4) is 5.75 Å². The van der Waals surface area contributed by atoms with Crippen LogP contribution in [0.15, 0.2) is 30.5 Å². The first-order valence-corrected chi connectivity index (χ1v) is 8.73. The van der Waals surface area contributed by atoms with Crippen LogP contribution in [0.2, 0.25) is 0 Å². The van der Waals surface area contributed by atoms with Crippen LogP contribution in [-0.2, 0) is 4.79 Å². The fourth-order valence-electron chi connectivity index (χ4n) is 3.23. The topological polar surface area (TPSA) is 60.2 Å². The molecule has 0 unspecified atom stereocenters. The molecule has 0 radical (unpaired) electrons. The number of rotatable bonds is 5. The molecular formula is C18H21FN4O2. The molecule has 1 amide bonds. The SMILES string of the molecule is C[C@H](Oc1ccccc1F)C(=O)N1CC[C@H](n2cc(C3CC3)nn2)C1. The Kier molecular flexibility index (Phi) is 4.15. The minimum Gasteiger partial charge on any atom is -0.478 e. The van der Waals surface area contributed by atoms with Gasteiger partial charge in [0.25, 0.3) is 5.91 Å². The minimum atomic E-state index is -0.728. The average molecular weight is 344 g/mol. The first-order chi connectivity index (χ1) is 12.1. The molecule has 6 nitrogen and oxygen atoms in total. The molecule has 132 valence electrons. The number of halogens is 1. The van der Waals surface area contributed by atoms with Crippen molar-refractivity contribution in [2.75, 3.05) is 13.1 Å². The van der Waals surface area contributed by atoms with E-state index in [0.717, 1.165) is 12.1 Å². The minimum absolute atomic E-state index is 0.101. The number of carbonyl (C=O) groups excluding carboxylic acids is 1. The van der Waals surface area contributed by atoms with E-state index >= 15 is 0 Å². The van der Waals surface area contributed by atoms with Gasteiger partial charge >= 0.3 is 0 Å². The number of hydrogen-bond donors (Lipinski definition) is 0. The van der Waals surface area contributed by atoms with E-state index in [1.54, 1.807) is 24.0 Å². The molecule has 0 N–H and O–H groups in total. The Labute approximate surface area is 145 Å². The maximum absolute atomic E-state index is 13.7. The van der Waals surface area contributed by atoms with Crippen molar-refractivity contribution in [2.45, 2.75) is 44.2 Å². The standard InChI is InChI=1S/C18H21FN4O2/c1-12(25-17-5-3-2-4-15(17)19)18(24)22-9-8-14(10-22)23-11-16(20-21-23)13-6-7-13/h2-5,11-14H,6-10H2,1H3/t12-,14-/m0/s1. The fraction of sp³-hybridized carbons (Fsp3) is 0.500. The fourth-order valence-corrected chi connectivity index (χ4v) is 3.23. The van der Waals surface area contributed by atoms with Crippen molar-refractivity contribution in [3.63, 3.8) is 0 Å². The summed E-state index contributed by atoms with van der Waals surface area (Å²) in [5.74, 6) is 0.0801. The van der Waals surface area contributed by atoms with Gasteiger partial charge in [-0.25, -0.2) is 9.07 Å². The quantitative estimate of drug-likeness (QED) is 0.836. The molecule has 0 bridgehead atoms. The first-order valence-electron chi connectivity index (χ1n) is 8.73. The summed E-state index contributed by atoms with van der Waals surface area (Å²) in [7, 11) is 0. The maximum atomic E-state index is 13.7. The van der Waals surface area contributed by atoms with Crippen molar-refractivity contribution in [2.24, 2.45) is 0 Å². The van der Waals surface area contributed by atoms with Crippen molar-refractivity contribution < 1.29 is 13.9 Å². The molecule has 1 saturated carbocycles. The van der Waals surface area contributed by atoms with Crippen molar-refractivity contribution in [1.82, 2.24) is 19.9 Å². The smallest absolute Gasteiger partial charge is 0.263 e. The van der Waals surface area contributed by atoms with Gasteiger partial charge in [0.15, 0.2) is 17.7 Å². The van der Waals surface area contributed by atoms with Crippen LogP contribution in [-0.4, -0.2) is 45.0 Å². The van der Waals surface area contributed by atoms with Gasteiger partial charge in [0.1, 0.15) is 0 Å². The number of amides is 1. The lowest BCUT2D eigenvalue weighted by Gasteiger charge is -2.22. The normalized spacial score (nSPS) is 21.4. The predicted molar refractivity (Wildman–Crippen MR) is 88.7 cm³/mol. The van der Waals surface area contributed by atoms with Crippen molar-refractivity contribution >= 4 is 5.91 Å². The highest BCUT2D eigenvalue weighted by atomic mass is 19.1. The molecule has 25 heavy (non-hydrogen) atoms. The zero-order chi connectivity index (χ0) is 17.4. The lowest BCUT2D eigenvalue weighted by molar-refractivity contribution is -0.137. The van der Waals surface area contributed by atoms with Gasteiger partial charge in [-0.2, -0.15) is 0 Å². The Bertz CT molecular complexity index is 774. The van der Waals surface area contributed by atoms with Gasteiger partial charge in [-0.15, -0.1) is 5.10 Å². The van der Waals surface area contributed by atoms with Gasteiger partial charge in [0.05, 0.1) is 11.7 Å². The number of carbonyl (C=O) groups is 1. The molecule has 2 fully saturated rings. The van der Waals surface area contributed by atoms with Crippen LogP contribution in [0.4, 0.5) is 4.39 Å². The van der Waals surface area contributed by atoms with Crippen LogP contribution in [0, 0.1) is 5.82 Å². The summed E-state index contributed by atoms with van der Waals surface area (Å²) in [6.07, 6.45) is 4.51. The number of aromatic nitrogens is 3. The summed E-state index contributed by atoms with van der Waals surface area (Å²) in [5.41, 5.74) is 1.06. The molecule has 0 spiro atoms. The van der Waals surface area contributed by atoms with E-state index in [-0.39, 0.29) is 17.7 Å². The Hall–Kier alpha value is -2.44. The average Bonchev–Trinajstić information content (AvgIpc) is 3.15. The van der Waals surface area contributed by atoms with E-state index in [2.05, 4.69) is 10.3 Å². The third kappa shape index (κ3) is 3.36. The highest BCUT2D eigenvalue weighted by Gasteiger charge is 2.33. The van der Waals surface area contributed by atoms with Gasteiger partial charge < -0.3 is 9.64 Å². The molecule has 2 aromatic rings. The second-order valence-electron chi connectivity index (χ2n) is 6.81. The number of ether oxygens (including phenoxy) is 1. The first kappa shape index (κ1) is 16.1. The molecule has 1 aliphatic carbocycles. The van der Waals surface area contributed by atoms with Crippen LogP contribution >= 0.6 is 0 Å². The third-order valence-electron chi connectivity index (χ3n) is 4.86. The van der Waals surface area contributed by atoms with E-state index in [1.807, 2.05) is 10.9 Å². The lowest BCUT2D eigenvalue weighted by Crippen LogP contribution is -2.39. The highest BCUT2D eigenvalue weighted by Crippen LogP contribution is 2.39. The number of benzene rings is 1. The zero-order valence-corrected chi connectivity index (χ0v) is 14.1. The molecular weight excluding hydrogens is 323 g/mol. The number of likely N-dealkylation sites (tertiary alicyclic amines) is 1. The number of nitrogens with zero attached hydrogens (tertiary/aromatic N) is 4. The summed E-state index contributed by atoms with van der Waals surface area (Å²) in [4.78, 5) is 14.4. The van der Waals surface area contributed by atoms with E-state index in [1.165, 1.54) is 25.0 Å². The summed E-state index contributed by atoms with van der Waals surface area (Å²) < 4.78 is 21.1.